The summed E-state index contributed by atoms with van der Waals surface area (Å²) in [5.41, 5.74) is 6.84. The van der Waals surface area contributed by atoms with Crippen molar-refractivity contribution in [1.29, 1.82) is 0 Å². The van der Waals surface area contributed by atoms with Crippen molar-refractivity contribution in [3.05, 3.63) is 81.9 Å². The first-order valence-corrected chi connectivity index (χ1v) is 14.8. The zero-order valence-corrected chi connectivity index (χ0v) is 24.3. The highest BCUT2D eigenvalue weighted by Crippen LogP contribution is 2.48. The molecule has 2 atom stereocenters. The lowest BCUT2D eigenvalue weighted by Crippen LogP contribution is -2.34. The van der Waals surface area contributed by atoms with Crippen LogP contribution in [0.2, 0.25) is 0 Å². The molecule has 226 valence electrons. The zero-order chi connectivity index (χ0) is 30.5. The average Bonchev–Trinajstić information content (AvgIpc) is 3.67. The van der Waals surface area contributed by atoms with Gasteiger partial charge in [0.1, 0.15) is 16.8 Å². The number of hydrogen-bond donors (Lipinski definition) is 2. The normalized spacial score (nSPS) is 19.2. The van der Waals surface area contributed by atoms with Gasteiger partial charge in [-0.3, -0.25) is 24.4 Å². The van der Waals surface area contributed by atoms with E-state index in [1.807, 2.05) is 4.90 Å². The molecule has 3 N–H and O–H groups in total. The Morgan fingerprint density at radius 1 is 1.18 bits per heavy atom. The van der Waals surface area contributed by atoms with Crippen LogP contribution in [-0.4, -0.2) is 70.5 Å². The van der Waals surface area contributed by atoms with Crippen LogP contribution in [0.4, 0.5) is 10.1 Å². The van der Waals surface area contributed by atoms with Gasteiger partial charge in [0.2, 0.25) is 11.3 Å². The van der Waals surface area contributed by atoms with Crippen LogP contribution in [0.3, 0.4) is 0 Å². The van der Waals surface area contributed by atoms with E-state index >= 15 is 4.39 Å². The number of benzene rings is 2. The molecule has 3 aliphatic rings. The van der Waals surface area contributed by atoms with Gasteiger partial charge in [-0.15, -0.1) is 0 Å². The molecule has 2 amide bonds. The van der Waals surface area contributed by atoms with Gasteiger partial charge in [0.25, 0.3) is 5.91 Å². The van der Waals surface area contributed by atoms with E-state index in [4.69, 9.17) is 10.5 Å². The number of halogens is 1. The van der Waals surface area contributed by atoms with Crippen molar-refractivity contribution in [3.63, 3.8) is 0 Å². The summed E-state index contributed by atoms with van der Waals surface area (Å²) < 4.78 is 24.1. The number of ether oxygens (including phenoxy) is 1. The number of nitrogens with zero attached hydrogens (tertiary/aromatic N) is 5. The molecule has 0 bridgehead atoms. The van der Waals surface area contributed by atoms with E-state index in [0.29, 0.717) is 42.6 Å². The SMILES string of the molecule is CN1CCCC1CCNC(=O)c1cn2c3c(c(N4CCC(c5cnccn5)C4)c(F)cc3c1=O)Oc1ccc(C(N)=O)cc1-2. The van der Waals surface area contributed by atoms with E-state index in [0.717, 1.165) is 37.9 Å². The van der Waals surface area contributed by atoms with Crippen molar-refractivity contribution in [2.45, 2.75) is 37.6 Å². The Balaban J connectivity index is 1.32. The second kappa shape index (κ2) is 11.0. The highest BCUT2D eigenvalue weighted by atomic mass is 19.1. The number of rotatable bonds is 7. The molecule has 5 heterocycles. The van der Waals surface area contributed by atoms with Gasteiger partial charge in [-0.2, -0.15) is 0 Å². The van der Waals surface area contributed by atoms with Gasteiger partial charge in [0, 0.05) is 61.9 Å². The van der Waals surface area contributed by atoms with Crippen LogP contribution in [0.25, 0.3) is 16.6 Å². The van der Waals surface area contributed by atoms with E-state index in [9.17, 15) is 14.4 Å². The Labute approximate surface area is 252 Å². The summed E-state index contributed by atoms with van der Waals surface area (Å²) in [5.74, 6) is -1.27. The number of anilines is 1. The fraction of sp³-hybridized carbons (Fsp3) is 0.344. The predicted molar refractivity (Wildman–Crippen MR) is 162 cm³/mol. The number of pyridine rings is 1. The number of nitrogens with one attached hydrogen (secondary N) is 1. The van der Waals surface area contributed by atoms with Crippen molar-refractivity contribution in [2.75, 3.05) is 38.1 Å². The molecule has 7 rings (SSSR count). The van der Waals surface area contributed by atoms with Gasteiger partial charge < -0.3 is 30.2 Å². The molecule has 0 aliphatic carbocycles. The van der Waals surface area contributed by atoms with Crippen molar-refractivity contribution in [1.82, 2.24) is 24.8 Å². The lowest BCUT2D eigenvalue weighted by Gasteiger charge is -2.29. The zero-order valence-electron chi connectivity index (χ0n) is 24.3. The van der Waals surface area contributed by atoms with Gasteiger partial charge in [-0.05, 0) is 63.5 Å². The molecule has 0 spiro atoms. The Kier molecular flexibility index (Phi) is 7.00. The van der Waals surface area contributed by atoms with Crippen LogP contribution >= 0.6 is 0 Å². The van der Waals surface area contributed by atoms with Gasteiger partial charge in [-0.1, -0.05) is 0 Å². The van der Waals surface area contributed by atoms with Gasteiger partial charge in [0.15, 0.2) is 17.3 Å². The summed E-state index contributed by atoms with van der Waals surface area (Å²) in [4.78, 5) is 52.0. The number of carbonyl (C=O) groups is 2. The standard InChI is InChI=1S/C32H32FN7O4/c1-38-11-2-3-20(38)6-8-37-32(43)22-17-40-25-13-18(31(34)42)4-5-26(25)44-30-27(40)21(29(22)41)14-23(33)28(30)39-12-7-19(16-39)24-15-35-9-10-36-24/h4-5,9-10,13-15,17,19-20H,2-3,6-8,11-12,16H2,1H3,(H2,34,42)(H,37,43). The quantitative estimate of drug-likeness (QED) is 0.292. The van der Waals surface area contributed by atoms with Gasteiger partial charge in [-0.25, -0.2) is 4.39 Å². The molecule has 0 radical (unpaired) electrons. The maximum absolute atomic E-state index is 16.1. The minimum Gasteiger partial charge on any atom is -0.451 e. The number of primary amides is 1. The number of fused-ring (bicyclic) bond motifs is 2. The van der Waals surface area contributed by atoms with Crippen molar-refractivity contribution < 1.29 is 18.7 Å². The van der Waals surface area contributed by atoms with Crippen molar-refractivity contribution in [2.24, 2.45) is 5.73 Å². The van der Waals surface area contributed by atoms with E-state index in [2.05, 4.69) is 27.2 Å². The van der Waals surface area contributed by atoms with Crippen LogP contribution in [0.15, 0.2) is 53.8 Å². The van der Waals surface area contributed by atoms with Crippen LogP contribution < -0.4 is 26.1 Å². The predicted octanol–water partition coefficient (Wildman–Crippen LogP) is 3.33. The molecule has 44 heavy (non-hydrogen) atoms. The van der Waals surface area contributed by atoms with E-state index < -0.39 is 23.1 Å². The van der Waals surface area contributed by atoms with Gasteiger partial charge in [0.05, 0.1) is 16.8 Å². The Bertz CT molecular complexity index is 1860. The molecule has 2 aromatic carbocycles. The Morgan fingerprint density at radius 2 is 2.05 bits per heavy atom. The van der Waals surface area contributed by atoms with Crippen molar-refractivity contribution in [3.8, 4) is 17.2 Å². The monoisotopic (exact) mass is 597 g/mol. The summed E-state index contributed by atoms with van der Waals surface area (Å²) in [6, 6.07) is 6.21. The smallest absolute Gasteiger partial charge is 0.256 e. The number of carbonyl (C=O) groups excluding carboxylic acids is 2. The molecule has 0 saturated carbocycles. The number of aromatic nitrogens is 3. The number of hydrogen-bond acceptors (Lipinski definition) is 8. The molecular formula is C32H32FN7O4. The second-order valence-electron chi connectivity index (χ2n) is 11.7. The molecule has 4 aromatic rings. The van der Waals surface area contributed by atoms with Crippen molar-refractivity contribution >= 4 is 28.4 Å². The lowest BCUT2D eigenvalue weighted by atomic mass is 10.0. The summed E-state index contributed by atoms with van der Waals surface area (Å²) in [5, 5.41) is 2.89. The maximum atomic E-state index is 16.1. The third-order valence-electron chi connectivity index (χ3n) is 9.07. The molecule has 2 fully saturated rings. The fourth-order valence-electron chi connectivity index (χ4n) is 6.73. The maximum Gasteiger partial charge on any atom is 0.256 e. The summed E-state index contributed by atoms with van der Waals surface area (Å²) in [6.45, 7) is 2.44. The fourth-order valence-corrected chi connectivity index (χ4v) is 6.73. The topological polar surface area (TPSA) is 136 Å². The first-order valence-electron chi connectivity index (χ1n) is 14.8. The highest BCUT2D eigenvalue weighted by Gasteiger charge is 2.34. The lowest BCUT2D eigenvalue weighted by molar-refractivity contribution is 0.0947. The van der Waals surface area contributed by atoms with E-state index in [-0.39, 0.29) is 33.9 Å². The molecule has 2 unspecified atom stereocenters. The number of likely N-dealkylation sites (tertiary alicyclic amines) is 1. The average molecular weight is 598 g/mol. The van der Waals surface area contributed by atoms with Gasteiger partial charge >= 0.3 is 0 Å². The Morgan fingerprint density at radius 3 is 2.80 bits per heavy atom. The third-order valence-corrected chi connectivity index (χ3v) is 9.07. The molecule has 11 nitrogen and oxygen atoms in total. The molecule has 3 aliphatic heterocycles. The summed E-state index contributed by atoms with van der Waals surface area (Å²) in [7, 11) is 2.07. The highest BCUT2D eigenvalue weighted by molar-refractivity contribution is 6.02. The van der Waals surface area contributed by atoms with Crippen LogP contribution in [0.1, 0.15) is 58.0 Å². The molecular weight excluding hydrogens is 565 g/mol. The summed E-state index contributed by atoms with van der Waals surface area (Å²) in [6.07, 6.45) is 10.1. The van der Waals surface area contributed by atoms with E-state index in [1.165, 1.54) is 18.3 Å². The number of nitrogens with two attached hydrogens (primary N) is 1. The second-order valence-corrected chi connectivity index (χ2v) is 11.7. The summed E-state index contributed by atoms with van der Waals surface area (Å²) >= 11 is 0. The Hall–Kier alpha value is -4.84. The minimum atomic E-state index is -0.641. The first kappa shape index (κ1) is 28.0. The molecule has 12 heteroatoms. The minimum absolute atomic E-state index is 0.00391. The number of amides is 2. The van der Waals surface area contributed by atoms with Crippen LogP contribution in [0, 0.1) is 5.82 Å². The molecule has 2 saturated heterocycles. The molecule has 2 aromatic heterocycles. The largest absolute Gasteiger partial charge is 0.451 e. The van der Waals surface area contributed by atoms with Crippen LogP contribution in [0.5, 0.6) is 11.5 Å². The van der Waals surface area contributed by atoms with E-state index in [1.54, 1.807) is 35.3 Å². The van der Waals surface area contributed by atoms with Crippen LogP contribution in [-0.2, 0) is 0 Å². The third kappa shape index (κ3) is 4.75. The first-order chi connectivity index (χ1) is 21.3.